The van der Waals surface area contributed by atoms with Crippen molar-refractivity contribution < 1.29 is 9.90 Å². The normalized spacial score (nSPS) is 12.6. The standard InChI is InChI=1S/C7H15NO2S/c1-6(3-2-4-9)8-7(10)5-11/h6,9,11H,2-5H2,1H3,(H,8,10). The minimum atomic E-state index is -0.0567. The van der Waals surface area contributed by atoms with Gasteiger partial charge < -0.3 is 10.4 Å². The minimum absolute atomic E-state index is 0.0567. The van der Waals surface area contributed by atoms with Crippen molar-refractivity contribution in [2.75, 3.05) is 12.4 Å². The minimum Gasteiger partial charge on any atom is -0.396 e. The van der Waals surface area contributed by atoms with E-state index in [4.69, 9.17) is 5.11 Å². The Labute approximate surface area is 72.6 Å². The maximum atomic E-state index is 10.7. The molecule has 0 aliphatic carbocycles. The van der Waals surface area contributed by atoms with E-state index >= 15 is 0 Å². The molecule has 0 fully saturated rings. The highest BCUT2D eigenvalue weighted by molar-refractivity contribution is 7.81. The SMILES string of the molecule is CC(CCCO)NC(=O)CS. The lowest BCUT2D eigenvalue weighted by molar-refractivity contribution is -0.119. The van der Waals surface area contributed by atoms with Crippen LogP contribution in [-0.2, 0) is 4.79 Å². The average molecular weight is 177 g/mol. The molecule has 0 heterocycles. The van der Waals surface area contributed by atoms with Crippen molar-refractivity contribution in [3.63, 3.8) is 0 Å². The fraction of sp³-hybridized carbons (Fsp3) is 0.857. The highest BCUT2D eigenvalue weighted by atomic mass is 32.1. The van der Waals surface area contributed by atoms with Crippen molar-refractivity contribution in [2.24, 2.45) is 0 Å². The molecule has 11 heavy (non-hydrogen) atoms. The smallest absolute Gasteiger partial charge is 0.229 e. The lowest BCUT2D eigenvalue weighted by Gasteiger charge is -2.11. The Hall–Kier alpha value is -0.220. The molecule has 1 atom stereocenters. The van der Waals surface area contributed by atoms with E-state index in [2.05, 4.69) is 17.9 Å². The van der Waals surface area contributed by atoms with Gasteiger partial charge in [-0.15, -0.1) is 0 Å². The van der Waals surface area contributed by atoms with Crippen molar-refractivity contribution in [3.8, 4) is 0 Å². The molecule has 0 radical (unpaired) electrons. The second-order valence-electron chi connectivity index (χ2n) is 2.49. The van der Waals surface area contributed by atoms with E-state index in [1.165, 1.54) is 0 Å². The summed E-state index contributed by atoms with van der Waals surface area (Å²) in [5.41, 5.74) is 0. The van der Waals surface area contributed by atoms with Gasteiger partial charge in [0.05, 0.1) is 5.75 Å². The number of thiol groups is 1. The molecule has 4 heteroatoms. The lowest BCUT2D eigenvalue weighted by atomic mass is 10.2. The van der Waals surface area contributed by atoms with Gasteiger partial charge in [0.25, 0.3) is 0 Å². The molecule has 0 saturated heterocycles. The average Bonchev–Trinajstić information content (AvgIpc) is 2.00. The van der Waals surface area contributed by atoms with Gasteiger partial charge in [0.15, 0.2) is 0 Å². The van der Waals surface area contributed by atoms with Crippen molar-refractivity contribution in [2.45, 2.75) is 25.8 Å². The molecule has 0 saturated carbocycles. The van der Waals surface area contributed by atoms with Crippen LogP contribution in [0.4, 0.5) is 0 Å². The van der Waals surface area contributed by atoms with E-state index in [-0.39, 0.29) is 24.3 Å². The number of hydrogen-bond donors (Lipinski definition) is 3. The van der Waals surface area contributed by atoms with Crippen LogP contribution in [-0.4, -0.2) is 29.4 Å². The van der Waals surface area contributed by atoms with Crippen LogP contribution in [0.15, 0.2) is 0 Å². The summed E-state index contributed by atoms with van der Waals surface area (Å²) in [7, 11) is 0. The van der Waals surface area contributed by atoms with Crippen molar-refractivity contribution in [1.82, 2.24) is 5.32 Å². The second kappa shape index (κ2) is 6.49. The summed E-state index contributed by atoms with van der Waals surface area (Å²) in [5.74, 6) is 0.169. The first-order valence-corrected chi connectivity index (χ1v) is 4.35. The van der Waals surface area contributed by atoms with E-state index < -0.39 is 0 Å². The van der Waals surface area contributed by atoms with E-state index in [1.54, 1.807) is 0 Å². The van der Waals surface area contributed by atoms with Crippen molar-refractivity contribution in [3.05, 3.63) is 0 Å². The predicted octanol–water partition coefficient (Wildman–Crippen LogP) is 0.193. The topological polar surface area (TPSA) is 49.3 Å². The van der Waals surface area contributed by atoms with E-state index in [0.29, 0.717) is 0 Å². The Balaban J connectivity index is 3.35. The molecule has 1 unspecified atom stereocenters. The summed E-state index contributed by atoms with van der Waals surface area (Å²) >= 11 is 3.82. The number of rotatable bonds is 5. The van der Waals surface area contributed by atoms with Crippen LogP contribution in [0.1, 0.15) is 19.8 Å². The Kier molecular flexibility index (Phi) is 6.36. The fourth-order valence-corrected chi connectivity index (χ4v) is 0.881. The maximum Gasteiger partial charge on any atom is 0.229 e. The number of aliphatic hydroxyl groups excluding tert-OH is 1. The number of carbonyl (C=O) groups is 1. The van der Waals surface area contributed by atoms with E-state index in [9.17, 15) is 4.79 Å². The maximum absolute atomic E-state index is 10.7. The van der Waals surface area contributed by atoms with Gasteiger partial charge >= 0.3 is 0 Å². The predicted molar refractivity (Wildman–Crippen MR) is 47.8 cm³/mol. The van der Waals surface area contributed by atoms with Gasteiger partial charge in [-0.05, 0) is 19.8 Å². The molecule has 2 N–H and O–H groups in total. The van der Waals surface area contributed by atoms with Gasteiger partial charge in [-0.1, -0.05) is 0 Å². The number of aliphatic hydroxyl groups is 1. The summed E-state index contributed by atoms with van der Waals surface area (Å²) < 4.78 is 0. The van der Waals surface area contributed by atoms with Gasteiger partial charge in [0.1, 0.15) is 0 Å². The summed E-state index contributed by atoms with van der Waals surface area (Å²) in [6.45, 7) is 2.10. The first kappa shape index (κ1) is 10.8. The van der Waals surface area contributed by atoms with Gasteiger partial charge in [-0.25, -0.2) is 0 Å². The first-order chi connectivity index (χ1) is 5.20. The zero-order chi connectivity index (χ0) is 8.69. The van der Waals surface area contributed by atoms with Crippen LogP contribution in [0.5, 0.6) is 0 Å². The summed E-state index contributed by atoms with van der Waals surface area (Å²) in [4.78, 5) is 10.7. The molecule has 0 aromatic carbocycles. The molecule has 0 spiro atoms. The quantitative estimate of drug-likeness (QED) is 0.525. The van der Waals surface area contributed by atoms with Gasteiger partial charge in [0, 0.05) is 12.6 Å². The third-order valence-electron chi connectivity index (χ3n) is 1.35. The highest BCUT2D eigenvalue weighted by Gasteiger charge is 2.03. The number of carbonyl (C=O) groups excluding carboxylic acids is 1. The van der Waals surface area contributed by atoms with Crippen molar-refractivity contribution in [1.29, 1.82) is 0 Å². The Morgan fingerprint density at radius 3 is 2.82 bits per heavy atom. The summed E-state index contributed by atoms with van der Waals surface area (Å²) in [5, 5.41) is 11.2. The van der Waals surface area contributed by atoms with Crippen molar-refractivity contribution >= 4 is 18.5 Å². The monoisotopic (exact) mass is 177 g/mol. The van der Waals surface area contributed by atoms with Gasteiger partial charge in [-0.2, -0.15) is 12.6 Å². The van der Waals surface area contributed by atoms with Crippen LogP contribution in [0, 0.1) is 0 Å². The first-order valence-electron chi connectivity index (χ1n) is 3.71. The van der Waals surface area contributed by atoms with Gasteiger partial charge in [0.2, 0.25) is 5.91 Å². The summed E-state index contributed by atoms with van der Waals surface area (Å²) in [6, 6.07) is 0.141. The van der Waals surface area contributed by atoms with E-state index in [1.807, 2.05) is 6.92 Å². The largest absolute Gasteiger partial charge is 0.396 e. The molecule has 0 aromatic heterocycles. The Morgan fingerprint density at radius 1 is 1.73 bits per heavy atom. The summed E-state index contributed by atoms with van der Waals surface area (Å²) in [6.07, 6.45) is 1.55. The zero-order valence-electron chi connectivity index (χ0n) is 6.71. The molecular weight excluding hydrogens is 162 g/mol. The molecule has 3 nitrogen and oxygen atoms in total. The Morgan fingerprint density at radius 2 is 2.36 bits per heavy atom. The van der Waals surface area contributed by atoms with Crippen LogP contribution in [0.3, 0.4) is 0 Å². The number of amides is 1. The van der Waals surface area contributed by atoms with Gasteiger partial charge in [-0.3, -0.25) is 4.79 Å². The highest BCUT2D eigenvalue weighted by Crippen LogP contribution is 1.94. The molecular formula is C7H15NO2S. The molecule has 0 aromatic rings. The van der Waals surface area contributed by atoms with Crippen LogP contribution < -0.4 is 5.32 Å². The van der Waals surface area contributed by atoms with Crippen LogP contribution in [0.2, 0.25) is 0 Å². The molecule has 0 bridgehead atoms. The van der Waals surface area contributed by atoms with Crippen LogP contribution in [0.25, 0.3) is 0 Å². The molecule has 1 amide bonds. The second-order valence-corrected chi connectivity index (χ2v) is 2.81. The van der Waals surface area contributed by atoms with E-state index in [0.717, 1.165) is 12.8 Å². The zero-order valence-corrected chi connectivity index (χ0v) is 7.60. The van der Waals surface area contributed by atoms with Crippen LogP contribution >= 0.6 is 12.6 Å². The third kappa shape index (κ3) is 6.19. The lowest BCUT2D eigenvalue weighted by Crippen LogP contribution is -2.33. The molecule has 0 aliphatic heterocycles. The molecule has 0 aliphatic rings. The number of hydrogen-bond acceptors (Lipinski definition) is 3. The Bertz CT molecular complexity index is 119. The molecule has 0 rings (SSSR count). The fourth-order valence-electron chi connectivity index (χ4n) is 0.790. The third-order valence-corrected chi connectivity index (χ3v) is 1.63. The molecule has 66 valence electrons. The number of nitrogens with one attached hydrogen (secondary N) is 1.